The molecule has 0 atom stereocenters. The first-order valence-electron chi connectivity index (χ1n) is 7.26. The summed E-state index contributed by atoms with van der Waals surface area (Å²) in [6.07, 6.45) is 0.792. The second-order valence-corrected chi connectivity index (χ2v) is 5.23. The summed E-state index contributed by atoms with van der Waals surface area (Å²) in [4.78, 5) is 14.7. The molecule has 1 aliphatic rings. The molecule has 118 valence electrons. The van der Waals surface area contributed by atoms with E-state index < -0.39 is 5.56 Å². The van der Waals surface area contributed by atoms with Gasteiger partial charge in [-0.25, -0.2) is 0 Å². The molecule has 0 saturated carbocycles. The summed E-state index contributed by atoms with van der Waals surface area (Å²) < 4.78 is 16.8. The molecule has 1 aromatic heterocycles. The number of aromatic amines is 1. The quantitative estimate of drug-likeness (QED) is 0.920. The normalized spacial score (nSPS) is 13.1. The molecular weight excluding hydrogens is 296 g/mol. The number of aromatic nitrogens is 1. The minimum Gasteiger partial charge on any atom is -0.496 e. The van der Waals surface area contributed by atoms with Crippen molar-refractivity contribution in [1.82, 2.24) is 4.98 Å². The van der Waals surface area contributed by atoms with Gasteiger partial charge in [0.25, 0.3) is 5.56 Å². The Kier molecular flexibility index (Phi) is 3.94. The van der Waals surface area contributed by atoms with Crippen molar-refractivity contribution in [3.8, 4) is 34.4 Å². The molecule has 2 aromatic rings. The predicted octanol–water partition coefficient (Wildman–Crippen LogP) is 2.39. The summed E-state index contributed by atoms with van der Waals surface area (Å²) in [5.74, 6) is 1.71. The molecule has 3 rings (SSSR count). The van der Waals surface area contributed by atoms with Crippen LogP contribution in [0.2, 0.25) is 0 Å². The van der Waals surface area contributed by atoms with Crippen molar-refractivity contribution in [3.05, 3.63) is 39.8 Å². The number of fused-ring (bicyclic) bond motifs is 1. The number of nitrogens with zero attached hydrogens (tertiary/aromatic N) is 1. The number of methoxy groups -OCH3 is 1. The summed E-state index contributed by atoms with van der Waals surface area (Å²) in [6.45, 7) is 2.89. The van der Waals surface area contributed by atoms with E-state index in [0.29, 0.717) is 47.3 Å². The topological polar surface area (TPSA) is 84.3 Å². The smallest absolute Gasteiger partial charge is 0.266 e. The van der Waals surface area contributed by atoms with Crippen LogP contribution in [0.15, 0.2) is 23.0 Å². The second-order valence-electron chi connectivity index (χ2n) is 5.23. The Morgan fingerprint density at radius 1 is 1.17 bits per heavy atom. The number of nitrogens with one attached hydrogen (secondary N) is 1. The molecule has 6 nitrogen and oxygen atoms in total. The Balaban J connectivity index is 2.26. The van der Waals surface area contributed by atoms with Gasteiger partial charge in [-0.3, -0.25) is 4.79 Å². The van der Waals surface area contributed by atoms with Crippen molar-refractivity contribution in [2.45, 2.75) is 13.3 Å². The lowest BCUT2D eigenvalue weighted by Gasteiger charge is -2.15. The van der Waals surface area contributed by atoms with Gasteiger partial charge in [0.1, 0.15) is 17.4 Å². The number of pyridine rings is 1. The van der Waals surface area contributed by atoms with E-state index in [2.05, 4.69) is 4.98 Å². The molecule has 1 aromatic carbocycles. The Labute approximate surface area is 133 Å². The maximum absolute atomic E-state index is 12.0. The van der Waals surface area contributed by atoms with Crippen LogP contribution in [0.25, 0.3) is 11.1 Å². The minimum absolute atomic E-state index is 0.0448. The van der Waals surface area contributed by atoms with Crippen LogP contribution >= 0.6 is 0 Å². The van der Waals surface area contributed by atoms with Crippen molar-refractivity contribution in [3.63, 3.8) is 0 Å². The van der Waals surface area contributed by atoms with E-state index in [1.165, 1.54) is 7.11 Å². The molecule has 1 N–H and O–H groups in total. The number of hydrogen-bond donors (Lipinski definition) is 1. The molecule has 0 radical (unpaired) electrons. The van der Waals surface area contributed by atoms with Crippen molar-refractivity contribution < 1.29 is 14.2 Å². The molecule has 2 heterocycles. The van der Waals surface area contributed by atoms with E-state index in [-0.39, 0.29) is 5.56 Å². The van der Waals surface area contributed by atoms with Gasteiger partial charge < -0.3 is 19.2 Å². The average molecular weight is 312 g/mol. The van der Waals surface area contributed by atoms with Gasteiger partial charge in [-0.2, -0.15) is 5.26 Å². The summed E-state index contributed by atoms with van der Waals surface area (Å²) in [6, 6.07) is 7.20. The third-order valence-electron chi connectivity index (χ3n) is 3.64. The molecule has 0 saturated heterocycles. The molecule has 0 spiro atoms. The highest BCUT2D eigenvalue weighted by Gasteiger charge is 2.20. The van der Waals surface area contributed by atoms with Gasteiger partial charge in [0.2, 0.25) is 0 Å². The average Bonchev–Trinajstić information content (AvgIpc) is 2.77. The minimum atomic E-state index is -0.420. The van der Waals surface area contributed by atoms with Crippen LogP contribution in [0, 0.1) is 18.3 Å². The zero-order valence-electron chi connectivity index (χ0n) is 12.9. The number of nitriles is 1. The summed E-state index contributed by atoms with van der Waals surface area (Å²) >= 11 is 0. The second kappa shape index (κ2) is 6.05. The van der Waals surface area contributed by atoms with Gasteiger partial charge in [-0.05, 0) is 19.1 Å². The lowest BCUT2D eigenvalue weighted by molar-refractivity contribution is 0.296. The van der Waals surface area contributed by atoms with Gasteiger partial charge in [0.15, 0.2) is 11.5 Å². The van der Waals surface area contributed by atoms with Gasteiger partial charge >= 0.3 is 0 Å². The molecule has 0 amide bonds. The molecule has 0 unspecified atom stereocenters. The molecule has 0 aliphatic carbocycles. The maximum Gasteiger partial charge on any atom is 0.266 e. The van der Waals surface area contributed by atoms with Crippen LogP contribution in [-0.2, 0) is 0 Å². The van der Waals surface area contributed by atoms with Crippen molar-refractivity contribution in [2.75, 3.05) is 20.3 Å². The van der Waals surface area contributed by atoms with Crippen LogP contribution in [0.3, 0.4) is 0 Å². The first kappa shape index (κ1) is 15.0. The van der Waals surface area contributed by atoms with Gasteiger partial charge in [0.05, 0.1) is 20.3 Å². The van der Waals surface area contributed by atoms with Crippen LogP contribution in [0.1, 0.15) is 17.7 Å². The fourth-order valence-corrected chi connectivity index (χ4v) is 2.58. The molecular formula is C17H16N2O4. The summed E-state index contributed by atoms with van der Waals surface area (Å²) in [7, 11) is 1.54. The Hall–Kier alpha value is -2.94. The highest BCUT2D eigenvalue weighted by Crippen LogP contribution is 2.41. The van der Waals surface area contributed by atoms with E-state index in [1.807, 2.05) is 6.07 Å². The summed E-state index contributed by atoms with van der Waals surface area (Å²) in [5, 5.41) is 9.33. The monoisotopic (exact) mass is 312 g/mol. The van der Waals surface area contributed by atoms with Crippen LogP contribution < -0.4 is 19.8 Å². The van der Waals surface area contributed by atoms with Crippen LogP contribution in [0.4, 0.5) is 0 Å². The van der Waals surface area contributed by atoms with Gasteiger partial charge in [-0.1, -0.05) is 0 Å². The number of ether oxygens (including phenoxy) is 3. The maximum atomic E-state index is 12.0. The Morgan fingerprint density at radius 3 is 2.52 bits per heavy atom. The first-order chi connectivity index (χ1) is 11.1. The van der Waals surface area contributed by atoms with Gasteiger partial charge in [0, 0.05) is 29.3 Å². The van der Waals surface area contributed by atoms with Crippen LogP contribution in [0.5, 0.6) is 17.2 Å². The highest BCUT2D eigenvalue weighted by molar-refractivity contribution is 5.78. The number of H-pyrrole nitrogens is 1. The standard InChI is InChI=1S/C17H16N2O4/c1-10-6-11(13(9-18)17(20)19-10)12-7-15-16(8-14(12)21-2)23-5-3-4-22-15/h6-8H,3-5H2,1-2H3,(H,19,20). The number of rotatable bonds is 2. The first-order valence-corrected chi connectivity index (χ1v) is 7.26. The van der Waals surface area contributed by atoms with Crippen LogP contribution in [-0.4, -0.2) is 25.3 Å². The third kappa shape index (κ3) is 2.73. The van der Waals surface area contributed by atoms with Crippen molar-refractivity contribution in [2.24, 2.45) is 0 Å². The number of hydrogen-bond acceptors (Lipinski definition) is 5. The number of benzene rings is 1. The predicted molar refractivity (Wildman–Crippen MR) is 84.1 cm³/mol. The third-order valence-corrected chi connectivity index (χ3v) is 3.64. The number of aryl methyl sites for hydroxylation is 1. The lowest BCUT2D eigenvalue weighted by atomic mass is 9.99. The van der Waals surface area contributed by atoms with Crippen molar-refractivity contribution >= 4 is 0 Å². The highest BCUT2D eigenvalue weighted by atomic mass is 16.5. The largest absolute Gasteiger partial charge is 0.496 e. The SMILES string of the molecule is COc1cc2c(cc1-c1cc(C)[nH]c(=O)c1C#N)OCCCO2. The lowest BCUT2D eigenvalue weighted by Crippen LogP contribution is -2.13. The Morgan fingerprint density at radius 2 is 1.87 bits per heavy atom. The molecule has 0 bridgehead atoms. The molecule has 6 heteroatoms. The van der Waals surface area contributed by atoms with E-state index in [4.69, 9.17) is 14.2 Å². The fourth-order valence-electron chi connectivity index (χ4n) is 2.58. The molecule has 0 fully saturated rings. The molecule has 1 aliphatic heterocycles. The zero-order valence-corrected chi connectivity index (χ0v) is 12.9. The Bertz CT molecular complexity index is 849. The zero-order chi connectivity index (χ0) is 16.4. The van der Waals surface area contributed by atoms with E-state index >= 15 is 0 Å². The van der Waals surface area contributed by atoms with E-state index in [9.17, 15) is 10.1 Å². The van der Waals surface area contributed by atoms with E-state index in [0.717, 1.165) is 6.42 Å². The molecule has 23 heavy (non-hydrogen) atoms. The van der Waals surface area contributed by atoms with E-state index in [1.54, 1.807) is 25.1 Å². The van der Waals surface area contributed by atoms with Gasteiger partial charge in [-0.15, -0.1) is 0 Å². The fraction of sp³-hybridized carbons (Fsp3) is 0.294. The van der Waals surface area contributed by atoms with Crippen molar-refractivity contribution in [1.29, 1.82) is 5.26 Å². The summed E-state index contributed by atoms with van der Waals surface area (Å²) in [5.41, 5.74) is 1.43.